The molecule has 1 amide bonds. The molecule has 4 rings (SSSR count). The summed E-state index contributed by atoms with van der Waals surface area (Å²) in [5.41, 5.74) is 3.86. The number of carbonyl (C=O) groups is 4. The van der Waals surface area contributed by atoms with Gasteiger partial charge in [-0.05, 0) is 61.4 Å². The lowest BCUT2D eigenvalue weighted by Crippen LogP contribution is -2.41. The summed E-state index contributed by atoms with van der Waals surface area (Å²) in [6, 6.07) is 24.8. The molecule has 0 saturated heterocycles. The topological polar surface area (TPSA) is 108 Å². The highest BCUT2D eigenvalue weighted by atomic mass is 16.7. The average Bonchev–Trinajstić information content (AvgIpc) is 2.98. The highest BCUT2D eigenvalue weighted by molar-refractivity contribution is 5.83. The van der Waals surface area contributed by atoms with Crippen molar-refractivity contribution < 1.29 is 33.4 Å². The van der Waals surface area contributed by atoms with Gasteiger partial charge in [0.05, 0.1) is 17.8 Å². The zero-order valence-electron chi connectivity index (χ0n) is 24.3. The van der Waals surface area contributed by atoms with E-state index in [1.54, 1.807) is 20.8 Å². The summed E-state index contributed by atoms with van der Waals surface area (Å²) < 4.78 is 15.8. The van der Waals surface area contributed by atoms with Crippen LogP contribution in [0.4, 0.5) is 0 Å². The Morgan fingerprint density at radius 2 is 1.50 bits per heavy atom. The van der Waals surface area contributed by atoms with Crippen molar-refractivity contribution in [3.05, 3.63) is 95.6 Å². The van der Waals surface area contributed by atoms with E-state index in [9.17, 15) is 19.2 Å². The van der Waals surface area contributed by atoms with Crippen LogP contribution in [0.25, 0.3) is 11.1 Å². The lowest BCUT2D eigenvalue weighted by atomic mass is 9.79. The van der Waals surface area contributed by atoms with E-state index in [4.69, 9.17) is 14.2 Å². The quantitative estimate of drug-likeness (QED) is 0.254. The molecule has 0 unspecified atom stereocenters. The van der Waals surface area contributed by atoms with E-state index in [0.717, 1.165) is 27.8 Å². The van der Waals surface area contributed by atoms with Crippen LogP contribution in [0.1, 0.15) is 62.6 Å². The molecule has 8 nitrogen and oxygen atoms in total. The number of esters is 3. The number of amides is 1. The zero-order valence-corrected chi connectivity index (χ0v) is 24.3. The number of rotatable bonds is 10. The van der Waals surface area contributed by atoms with Crippen LogP contribution in [0.5, 0.6) is 0 Å². The van der Waals surface area contributed by atoms with Crippen LogP contribution in [0.15, 0.2) is 78.9 Å². The number of nitrogens with one attached hydrogen (secondary N) is 1. The van der Waals surface area contributed by atoms with Gasteiger partial charge >= 0.3 is 17.9 Å². The van der Waals surface area contributed by atoms with Crippen molar-refractivity contribution >= 4 is 23.8 Å². The van der Waals surface area contributed by atoms with E-state index < -0.39 is 36.0 Å². The molecule has 42 heavy (non-hydrogen) atoms. The maximum Gasteiger partial charge on any atom is 0.316 e. The van der Waals surface area contributed by atoms with Gasteiger partial charge in [0.25, 0.3) is 0 Å². The molecular formula is C34H37NO7. The second-order valence-electron chi connectivity index (χ2n) is 11.4. The fourth-order valence-electron chi connectivity index (χ4n) is 4.79. The number of benzene rings is 3. The largest absolute Gasteiger partial charge is 0.461 e. The van der Waals surface area contributed by atoms with Gasteiger partial charge in [-0.2, -0.15) is 0 Å². The molecule has 0 spiro atoms. The predicted molar refractivity (Wildman–Crippen MR) is 157 cm³/mol. The van der Waals surface area contributed by atoms with Gasteiger partial charge in [-0.1, -0.05) is 78.9 Å². The summed E-state index contributed by atoms with van der Waals surface area (Å²) in [7, 11) is 0. The summed E-state index contributed by atoms with van der Waals surface area (Å²) in [5, 5.41) is 2.97. The fraction of sp³-hybridized carbons (Fsp3) is 0.353. The van der Waals surface area contributed by atoms with Crippen LogP contribution in [0.2, 0.25) is 0 Å². The second-order valence-corrected chi connectivity index (χ2v) is 11.4. The number of hydrogen-bond acceptors (Lipinski definition) is 7. The molecule has 0 aliphatic heterocycles. The van der Waals surface area contributed by atoms with Crippen molar-refractivity contribution in [1.29, 1.82) is 0 Å². The van der Waals surface area contributed by atoms with Crippen LogP contribution < -0.4 is 5.32 Å². The Labute approximate surface area is 246 Å². The van der Waals surface area contributed by atoms with E-state index in [-0.39, 0.29) is 31.4 Å². The first-order chi connectivity index (χ1) is 20.1. The molecule has 0 saturated carbocycles. The minimum Gasteiger partial charge on any atom is -0.461 e. The molecule has 1 aliphatic rings. The fourth-order valence-corrected chi connectivity index (χ4v) is 4.79. The molecule has 2 atom stereocenters. The van der Waals surface area contributed by atoms with E-state index in [0.29, 0.717) is 12.8 Å². The van der Waals surface area contributed by atoms with E-state index in [2.05, 4.69) is 5.32 Å². The third-order valence-corrected chi connectivity index (χ3v) is 7.07. The Morgan fingerprint density at radius 3 is 2.19 bits per heavy atom. The van der Waals surface area contributed by atoms with Crippen LogP contribution in [-0.2, 0) is 46.4 Å². The van der Waals surface area contributed by atoms with Gasteiger partial charge < -0.3 is 19.5 Å². The highest BCUT2D eigenvalue weighted by Crippen LogP contribution is 2.36. The normalized spacial score (nSPS) is 16.1. The van der Waals surface area contributed by atoms with E-state index in [1.807, 2.05) is 78.9 Å². The molecule has 1 N–H and O–H groups in total. The molecule has 0 fully saturated rings. The van der Waals surface area contributed by atoms with Crippen molar-refractivity contribution in [3.8, 4) is 11.1 Å². The van der Waals surface area contributed by atoms with Crippen LogP contribution in [0, 0.1) is 5.41 Å². The van der Waals surface area contributed by atoms with Crippen molar-refractivity contribution in [3.63, 3.8) is 0 Å². The Bertz CT molecular complexity index is 1400. The zero-order chi connectivity index (χ0) is 30.1. The van der Waals surface area contributed by atoms with Crippen LogP contribution in [-0.4, -0.2) is 36.6 Å². The van der Waals surface area contributed by atoms with Crippen molar-refractivity contribution in [2.24, 2.45) is 5.41 Å². The number of hydrogen-bond donors (Lipinski definition) is 1. The molecule has 3 aromatic carbocycles. The molecule has 0 bridgehead atoms. The maximum absolute atomic E-state index is 13.3. The lowest BCUT2D eigenvalue weighted by Gasteiger charge is -2.31. The summed E-state index contributed by atoms with van der Waals surface area (Å²) in [4.78, 5) is 50.4. The first-order valence-corrected chi connectivity index (χ1v) is 14.1. The third-order valence-electron chi connectivity index (χ3n) is 7.07. The molecule has 8 heteroatoms. The van der Waals surface area contributed by atoms with Gasteiger partial charge in [0.15, 0.2) is 0 Å². The number of carbonyl (C=O) groups excluding carboxylic acids is 4. The van der Waals surface area contributed by atoms with Crippen molar-refractivity contribution in [1.82, 2.24) is 5.32 Å². The minimum atomic E-state index is -0.724. The molecule has 0 heterocycles. The van der Waals surface area contributed by atoms with Crippen LogP contribution in [0.3, 0.4) is 0 Å². The average molecular weight is 572 g/mol. The Morgan fingerprint density at radius 1 is 0.810 bits per heavy atom. The Balaban J connectivity index is 1.40. The molecule has 0 radical (unpaired) electrons. The SMILES string of the molecule is CC(C)(C)C(=O)OCOC(=O)[C@H]1C[C@H](NC(=O)CCC(=O)OCc2ccccc2)Cc2ccc(-c3ccccc3)cc21. The highest BCUT2D eigenvalue weighted by Gasteiger charge is 2.34. The molecule has 220 valence electrons. The Kier molecular flexibility index (Phi) is 10.1. The molecule has 1 aliphatic carbocycles. The second kappa shape index (κ2) is 13.9. The van der Waals surface area contributed by atoms with Crippen LogP contribution >= 0.6 is 0 Å². The summed E-state index contributed by atoms with van der Waals surface area (Å²) >= 11 is 0. The van der Waals surface area contributed by atoms with E-state index in [1.165, 1.54) is 0 Å². The van der Waals surface area contributed by atoms with E-state index >= 15 is 0 Å². The molecule has 0 aromatic heterocycles. The Hall–Kier alpha value is -4.46. The molecule has 3 aromatic rings. The minimum absolute atomic E-state index is 0.0260. The van der Waals surface area contributed by atoms with Crippen molar-refractivity contribution in [2.75, 3.05) is 6.79 Å². The van der Waals surface area contributed by atoms with Gasteiger partial charge in [-0.25, -0.2) is 0 Å². The maximum atomic E-state index is 13.3. The summed E-state index contributed by atoms with van der Waals surface area (Å²) in [6.45, 7) is 4.82. The van der Waals surface area contributed by atoms with Crippen molar-refractivity contribution in [2.45, 2.75) is 65.0 Å². The monoisotopic (exact) mass is 571 g/mol. The number of fused-ring (bicyclic) bond motifs is 1. The predicted octanol–water partition coefficient (Wildman–Crippen LogP) is 5.48. The standard InChI is InChI=1S/C34H37NO7/c1-34(2,3)33(39)42-22-41-32(38)29-20-27(18-26-15-14-25(19-28(26)29)24-12-8-5-9-13-24)35-30(36)16-17-31(37)40-21-23-10-6-4-7-11-23/h4-15,19,27,29H,16-18,20-22H2,1-3H3,(H,35,36)/t27-,29+/m1/s1. The van der Waals surface area contributed by atoms with Gasteiger partial charge in [0, 0.05) is 12.5 Å². The first-order valence-electron chi connectivity index (χ1n) is 14.1. The lowest BCUT2D eigenvalue weighted by molar-refractivity contribution is -0.174. The van der Waals surface area contributed by atoms with Gasteiger partial charge in [-0.15, -0.1) is 0 Å². The third kappa shape index (κ3) is 8.52. The number of ether oxygens (including phenoxy) is 3. The first kappa shape index (κ1) is 30.5. The summed E-state index contributed by atoms with van der Waals surface area (Å²) in [5.74, 6) is -2.44. The van der Waals surface area contributed by atoms with Gasteiger partial charge in [0.1, 0.15) is 6.61 Å². The summed E-state index contributed by atoms with van der Waals surface area (Å²) in [6.07, 6.45) is 0.758. The van der Waals surface area contributed by atoms with Gasteiger partial charge in [-0.3, -0.25) is 19.2 Å². The molecular weight excluding hydrogens is 534 g/mol. The van der Waals surface area contributed by atoms with Gasteiger partial charge in [0.2, 0.25) is 12.7 Å². The smallest absolute Gasteiger partial charge is 0.316 e.